The van der Waals surface area contributed by atoms with Crippen molar-refractivity contribution in [2.24, 2.45) is 0 Å². The number of benzene rings is 2. The Morgan fingerprint density at radius 1 is 1.14 bits per heavy atom. The fraction of sp³-hybridized carbons (Fsp3) is 0.227. The molecule has 1 aromatic heterocycles. The van der Waals surface area contributed by atoms with Crippen LogP contribution in [-0.4, -0.2) is 29.0 Å². The van der Waals surface area contributed by atoms with Gasteiger partial charge in [-0.1, -0.05) is 18.2 Å². The van der Waals surface area contributed by atoms with Crippen molar-refractivity contribution in [1.29, 1.82) is 0 Å². The number of fused-ring (bicyclic) bond motifs is 1. The Kier molecular flexibility index (Phi) is 4.69. The maximum atomic E-state index is 12.8. The van der Waals surface area contributed by atoms with E-state index in [4.69, 9.17) is 4.74 Å². The number of rotatable bonds is 4. The van der Waals surface area contributed by atoms with Crippen LogP contribution in [0.3, 0.4) is 0 Å². The second-order valence-corrected chi connectivity index (χ2v) is 6.89. The zero-order chi connectivity index (χ0) is 19.7. The summed E-state index contributed by atoms with van der Waals surface area (Å²) in [5, 5.41) is 2.88. The monoisotopic (exact) mass is 374 g/mol. The minimum absolute atomic E-state index is 0.267. The maximum absolute atomic E-state index is 12.8. The number of hydrogen-bond donors (Lipinski definition) is 1. The topological polar surface area (TPSA) is 67.3 Å². The SMILES string of the molecule is COc1ccc(NC(=O)c2cc(N3c4ccccc4CC3C)nc(C)n2)cc1. The summed E-state index contributed by atoms with van der Waals surface area (Å²) in [5.74, 6) is 1.77. The molecular formula is C22H22N4O2. The molecule has 0 saturated heterocycles. The van der Waals surface area contributed by atoms with E-state index in [2.05, 4.69) is 39.2 Å². The molecule has 4 rings (SSSR count). The van der Waals surface area contributed by atoms with Crippen LogP contribution in [0, 0.1) is 6.92 Å². The van der Waals surface area contributed by atoms with Gasteiger partial charge in [0.1, 0.15) is 23.1 Å². The third-order valence-corrected chi connectivity index (χ3v) is 4.86. The molecule has 2 aromatic carbocycles. The second kappa shape index (κ2) is 7.31. The number of aryl methyl sites for hydroxylation is 1. The fourth-order valence-electron chi connectivity index (χ4n) is 3.58. The standard InChI is InChI=1S/C22H22N4O2/c1-14-12-16-6-4-5-7-20(16)26(14)21-13-19(23-15(2)24-21)22(27)25-17-8-10-18(28-3)11-9-17/h4-11,13-14H,12H2,1-3H3,(H,25,27). The van der Waals surface area contributed by atoms with Crippen LogP contribution in [0.25, 0.3) is 0 Å². The van der Waals surface area contributed by atoms with Crippen LogP contribution in [0.5, 0.6) is 5.75 Å². The van der Waals surface area contributed by atoms with Crippen molar-refractivity contribution >= 4 is 23.1 Å². The molecular weight excluding hydrogens is 352 g/mol. The molecule has 6 heteroatoms. The van der Waals surface area contributed by atoms with Crippen molar-refractivity contribution in [2.45, 2.75) is 26.3 Å². The van der Waals surface area contributed by atoms with Gasteiger partial charge in [0.25, 0.3) is 5.91 Å². The van der Waals surface area contributed by atoms with Crippen molar-refractivity contribution in [3.05, 3.63) is 71.7 Å². The molecule has 142 valence electrons. The molecule has 2 heterocycles. The number of hydrogen-bond acceptors (Lipinski definition) is 5. The first-order chi connectivity index (χ1) is 13.5. The Morgan fingerprint density at radius 2 is 1.89 bits per heavy atom. The number of nitrogens with one attached hydrogen (secondary N) is 1. The molecule has 0 radical (unpaired) electrons. The number of carbonyl (C=O) groups is 1. The summed E-state index contributed by atoms with van der Waals surface area (Å²) in [6.45, 7) is 3.97. The van der Waals surface area contributed by atoms with E-state index in [9.17, 15) is 4.79 Å². The fourth-order valence-corrected chi connectivity index (χ4v) is 3.58. The Balaban J connectivity index is 1.63. The zero-order valence-electron chi connectivity index (χ0n) is 16.1. The van der Waals surface area contributed by atoms with Crippen LogP contribution in [0.2, 0.25) is 0 Å². The quantitative estimate of drug-likeness (QED) is 0.744. The molecule has 0 fully saturated rings. The van der Waals surface area contributed by atoms with E-state index < -0.39 is 0 Å². The molecule has 1 unspecified atom stereocenters. The maximum Gasteiger partial charge on any atom is 0.274 e. The van der Waals surface area contributed by atoms with Crippen LogP contribution in [0.4, 0.5) is 17.2 Å². The van der Waals surface area contributed by atoms with E-state index in [0.717, 1.165) is 23.7 Å². The average molecular weight is 374 g/mol. The Labute approximate surface area is 164 Å². The van der Waals surface area contributed by atoms with Crippen molar-refractivity contribution in [1.82, 2.24) is 9.97 Å². The highest BCUT2D eigenvalue weighted by atomic mass is 16.5. The van der Waals surface area contributed by atoms with Crippen LogP contribution in [0.1, 0.15) is 28.8 Å². The smallest absolute Gasteiger partial charge is 0.274 e. The number of anilines is 3. The van der Waals surface area contributed by atoms with Gasteiger partial charge in [0.2, 0.25) is 0 Å². The van der Waals surface area contributed by atoms with E-state index in [1.807, 2.05) is 12.1 Å². The third kappa shape index (κ3) is 3.41. The molecule has 0 aliphatic carbocycles. The Bertz CT molecular complexity index is 1020. The number of ether oxygens (including phenoxy) is 1. The summed E-state index contributed by atoms with van der Waals surface area (Å²) >= 11 is 0. The predicted molar refractivity (Wildman–Crippen MR) is 109 cm³/mol. The number of methoxy groups -OCH3 is 1. The zero-order valence-corrected chi connectivity index (χ0v) is 16.1. The van der Waals surface area contributed by atoms with Gasteiger partial charge in [0.15, 0.2) is 0 Å². The molecule has 1 N–H and O–H groups in total. The highest BCUT2D eigenvalue weighted by Gasteiger charge is 2.28. The first-order valence-electron chi connectivity index (χ1n) is 9.23. The van der Waals surface area contributed by atoms with Gasteiger partial charge < -0.3 is 15.0 Å². The van der Waals surface area contributed by atoms with Gasteiger partial charge in [-0.3, -0.25) is 4.79 Å². The lowest BCUT2D eigenvalue weighted by atomic mass is 10.1. The Morgan fingerprint density at radius 3 is 2.64 bits per heavy atom. The number of amides is 1. The van der Waals surface area contributed by atoms with Crippen molar-refractivity contribution in [3.63, 3.8) is 0 Å². The molecule has 1 aliphatic heterocycles. The van der Waals surface area contributed by atoms with Crippen molar-refractivity contribution in [3.8, 4) is 5.75 Å². The average Bonchev–Trinajstić information content (AvgIpc) is 3.03. The molecule has 3 aromatic rings. The summed E-state index contributed by atoms with van der Waals surface area (Å²) in [6.07, 6.45) is 0.951. The highest BCUT2D eigenvalue weighted by Crippen LogP contribution is 2.37. The number of carbonyl (C=O) groups excluding carboxylic acids is 1. The summed E-state index contributed by atoms with van der Waals surface area (Å²) < 4.78 is 5.15. The van der Waals surface area contributed by atoms with Gasteiger partial charge in [-0.15, -0.1) is 0 Å². The van der Waals surface area contributed by atoms with Gasteiger partial charge in [-0.25, -0.2) is 9.97 Å². The van der Waals surface area contributed by atoms with Crippen LogP contribution in [0.15, 0.2) is 54.6 Å². The summed E-state index contributed by atoms with van der Waals surface area (Å²) in [4.78, 5) is 23.9. The van der Waals surface area contributed by atoms with E-state index in [0.29, 0.717) is 17.2 Å². The van der Waals surface area contributed by atoms with E-state index in [-0.39, 0.29) is 11.9 Å². The van der Waals surface area contributed by atoms with E-state index >= 15 is 0 Å². The molecule has 0 saturated carbocycles. The van der Waals surface area contributed by atoms with Crippen LogP contribution in [-0.2, 0) is 6.42 Å². The Hall–Kier alpha value is -3.41. The molecule has 1 aliphatic rings. The van der Waals surface area contributed by atoms with Crippen LogP contribution >= 0.6 is 0 Å². The molecule has 1 atom stereocenters. The largest absolute Gasteiger partial charge is 0.497 e. The molecule has 0 bridgehead atoms. The summed E-state index contributed by atoms with van der Waals surface area (Å²) in [5.41, 5.74) is 3.45. The van der Waals surface area contributed by atoms with Gasteiger partial charge in [-0.2, -0.15) is 0 Å². The molecule has 0 spiro atoms. The van der Waals surface area contributed by atoms with Gasteiger partial charge in [-0.05, 0) is 56.2 Å². The van der Waals surface area contributed by atoms with Gasteiger partial charge >= 0.3 is 0 Å². The molecule has 1 amide bonds. The first-order valence-corrected chi connectivity index (χ1v) is 9.23. The normalized spacial score (nSPS) is 15.2. The molecule has 6 nitrogen and oxygen atoms in total. The first kappa shape index (κ1) is 18.0. The summed E-state index contributed by atoms with van der Waals surface area (Å²) in [6, 6.07) is 17.5. The lowest BCUT2D eigenvalue weighted by Gasteiger charge is -2.24. The highest BCUT2D eigenvalue weighted by molar-refractivity contribution is 6.03. The minimum atomic E-state index is -0.267. The minimum Gasteiger partial charge on any atom is -0.497 e. The van der Waals surface area contributed by atoms with Crippen molar-refractivity contribution in [2.75, 3.05) is 17.3 Å². The number of nitrogens with zero attached hydrogens (tertiary/aromatic N) is 3. The second-order valence-electron chi connectivity index (χ2n) is 6.89. The summed E-state index contributed by atoms with van der Waals surface area (Å²) in [7, 11) is 1.61. The van der Waals surface area contributed by atoms with E-state index in [1.54, 1.807) is 44.4 Å². The lowest BCUT2D eigenvalue weighted by Crippen LogP contribution is -2.26. The van der Waals surface area contributed by atoms with Crippen LogP contribution < -0.4 is 15.0 Å². The van der Waals surface area contributed by atoms with Gasteiger partial charge in [0, 0.05) is 23.5 Å². The predicted octanol–water partition coefficient (Wildman–Crippen LogP) is 4.13. The third-order valence-electron chi connectivity index (χ3n) is 4.86. The number of aromatic nitrogens is 2. The lowest BCUT2D eigenvalue weighted by molar-refractivity contribution is 0.102. The van der Waals surface area contributed by atoms with Gasteiger partial charge in [0.05, 0.1) is 7.11 Å². The van der Waals surface area contributed by atoms with E-state index in [1.165, 1.54) is 5.56 Å². The number of para-hydroxylation sites is 1. The molecule has 28 heavy (non-hydrogen) atoms. The van der Waals surface area contributed by atoms with Crippen molar-refractivity contribution < 1.29 is 9.53 Å².